The summed E-state index contributed by atoms with van der Waals surface area (Å²) in [5, 5.41) is 36.9. The number of thiophene rings is 1. The number of aliphatic hydroxyl groups is 2. The molecule has 3 aromatic heterocycles. The predicted molar refractivity (Wildman–Crippen MR) is 185 cm³/mol. The smallest absolute Gasteiger partial charge is 0.248 e. The highest BCUT2D eigenvalue weighted by Gasteiger charge is 2.44. The highest BCUT2D eigenvalue weighted by Crippen LogP contribution is 2.43. The summed E-state index contributed by atoms with van der Waals surface area (Å²) in [5.74, 6) is 1.26. The maximum absolute atomic E-state index is 12.1. The summed E-state index contributed by atoms with van der Waals surface area (Å²) in [6.07, 6.45) is 7.92. The van der Waals surface area contributed by atoms with Crippen LogP contribution >= 0.6 is 11.3 Å². The fraction of sp³-hybridized carbons (Fsp3) is 0.405. The Labute approximate surface area is 278 Å². The van der Waals surface area contributed by atoms with E-state index in [9.17, 15) is 20.1 Å². The third kappa shape index (κ3) is 7.69. The molecule has 0 saturated heterocycles. The third-order valence-corrected chi connectivity index (χ3v) is 10.5. The molecule has 1 fully saturated rings. The molecule has 248 valence electrons. The van der Waals surface area contributed by atoms with Gasteiger partial charge in [0.05, 0.1) is 17.8 Å². The molecule has 2 atom stereocenters. The number of oxazole rings is 1. The molecular weight excluding hydrogens is 612 g/mol. The van der Waals surface area contributed by atoms with Crippen LogP contribution in [0, 0.1) is 5.92 Å². The first-order valence-electron chi connectivity index (χ1n) is 16.5. The Hall–Kier alpha value is -3.80. The predicted octanol–water partition coefficient (Wildman–Crippen LogP) is 5.64. The molecule has 1 unspecified atom stereocenters. The van der Waals surface area contributed by atoms with Crippen molar-refractivity contribution in [3.63, 3.8) is 0 Å². The van der Waals surface area contributed by atoms with E-state index < -0.39 is 11.7 Å². The number of nitrogens with zero attached hydrogens (tertiary/aromatic N) is 2. The van der Waals surface area contributed by atoms with E-state index in [1.165, 1.54) is 28.3 Å². The second kappa shape index (κ2) is 15.0. The molecule has 3 heterocycles. The van der Waals surface area contributed by atoms with E-state index in [4.69, 9.17) is 4.42 Å². The van der Waals surface area contributed by atoms with Crippen LogP contribution in [0.25, 0.3) is 10.9 Å². The van der Waals surface area contributed by atoms with Crippen LogP contribution < -0.4 is 10.9 Å². The Morgan fingerprint density at radius 1 is 1.04 bits per heavy atom. The summed E-state index contributed by atoms with van der Waals surface area (Å²) in [7, 11) is 2.10. The highest BCUT2D eigenvalue weighted by molar-refractivity contribution is 7.11. The molecule has 47 heavy (non-hydrogen) atoms. The normalized spacial score (nSPS) is 16.1. The first kappa shape index (κ1) is 33.1. The Kier molecular flexibility index (Phi) is 10.5. The zero-order valence-corrected chi connectivity index (χ0v) is 27.6. The van der Waals surface area contributed by atoms with Crippen molar-refractivity contribution in [2.45, 2.75) is 63.2 Å². The van der Waals surface area contributed by atoms with Crippen LogP contribution in [0.3, 0.4) is 0 Å². The minimum absolute atomic E-state index is 0.0192. The number of likely N-dealkylation sites (N-methyl/N-ethyl adjacent to an activating group) is 1. The average Bonchev–Trinajstić information content (AvgIpc) is 3.76. The Bertz CT molecular complexity index is 1810. The summed E-state index contributed by atoms with van der Waals surface area (Å²) >= 11 is 1.79. The molecule has 0 spiro atoms. The van der Waals surface area contributed by atoms with Gasteiger partial charge < -0.3 is 34.9 Å². The molecule has 2 aromatic carbocycles. The standard InChI is InChI=1S/C37H44N4O5S/c1-41(21-19-27-22-39-36(46-27)37(45,25-8-4-2-5-9-25)26-10-6-3-7-11-26)24-29-13-12-28(47-29)18-20-38-23-33(43)30-14-16-32(42)35-31(30)15-17-34(44)40-35/h2,4-5,8-9,12-17,22,26,33,38,42-43,45H,3,6-7,10-11,18-21,23-24H2,1H3,(H,40,44)/t33-,37?/m0/s1. The van der Waals surface area contributed by atoms with Crippen LogP contribution in [0.4, 0.5) is 0 Å². The van der Waals surface area contributed by atoms with Crippen molar-refractivity contribution < 1.29 is 19.7 Å². The SMILES string of the molecule is CN(CCc1cnc(C(O)(c2ccccc2)C2CCCCC2)o1)Cc1ccc(CCNC[C@H](O)c2ccc(O)c3[nH]c(=O)ccc23)s1. The fourth-order valence-corrected chi connectivity index (χ4v) is 7.84. The van der Waals surface area contributed by atoms with E-state index in [1.54, 1.807) is 29.7 Å². The summed E-state index contributed by atoms with van der Waals surface area (Å²) in [6.45, 7) is 2.69. The lowest BCUT2D eigenvalue weighted by molar-refractivity contribution is -0.0239. The molecule has 9 nitrogen and oxygen atoms in total. The highest BCUT2D eigenvalue weighted by atomic mass is 32.1. The van der Waals surface area contributed by atoms with Crippen LogP contribution in [-0.4, -0.2) is 56.9 Å². The lowest BCUT2D eigenvalue weighted by Gasteiger charge is -2.36. The monoisotopic (exact) mass is 656 g/mol. The van der Waals surface area contributed by atoms with Gasteiger partial charge in [0, 0.05) is 59.7 Å². The molecule has 0 bridgehead atoms. The van der Waals surface area contributed by atoms with Gasteiger partial charge in [0.15, 0.2) is 5.60 Å². The summed E-state index contributed by atoms with van der Waals surface area (Å²) in [5.41, 5.74) is 0.321. The first-order valence-corrected chi connectivity index (χ1v) is 17.4. The number of hydrogen-bond donors (Lipinski definition) is 5. The third-order valence-electron chi connectivity index (χ3n) is 9.32. The number of nitrogens with one attached hydrogen (secondary N) is 2. The second-order valence-electron chi connectivity index (χ2n) is 12.7. The number of aromatic nitrogens is 2. The minimum atomic E-state index is -1.21. The van der Waals surface area contributed by atoms with Crippen LogP contribution in [-0.2, 0) is 25.0 Å². The molecule has 0 radical (unpaired) electrons. The van der Waals surface area contributed by atoms with Gasteiger partial charge in [0.2, 0.25) is 11.4 Å². The van der Waals surface area contributed by atoms with Crippen LogP contribution in [0.2, 0.25) is 0 Å². The number of aliphatic hydroxyl groups excluding tert-OH is 1. The van der Waals surface area contributed by atoms with Crippen molar-refractivity contribution in [3.05, 3.63) is 116 Å². The van der Waals surface area contributed by atoms with Crippen LogP contribution in [0.5, 0.6) is 5.75 Å². The Morgan fingerprint density at radius 2 is 1.83 bits per heavy atom. The van der Waals surface area contributed by atoms with Crippen molar-refractivity contribution in [2.75, 3.05) is 26.7 Å². The molecule has 1 saturated carbocycles. The molecule has 0 aliphatic heterocycles. The molecule has 10 heteroatoms. The number of phenolic OH excluding ortho intramolecular Hbond substituents is 1. The number of aromatic amines is 1. The molecule has 5 aromatic rings. The van der Waals surface area contributed by atoms with E-state index in [1.807, 2.05) is 30.3 Å². The van der Waals surface area contributed by atoms with E-state index in [0.29, 0.717) is 41.9 Å². The number of H-pyrrole nitrogens is 1. The van der Waals surface area contributed by atoms with E-state index >= 15 is 0 Å². The van der Waals surface area contributed by atoms with Crippen molar-refractivity contribution >= 4 is 22.2 Å². The summed E-state index contributed by atoms with van der Waals surface area (Å²) in [6, 6.07) is 20.4. The zero-order valence-electron chi connectivity index (χ0n) is 26.8. The van der Waals surface area contributed by atoms with Gasteiger partial charge in [-0.15, -0.1) is 11.3 Å². The van der Waals surface area contributed by atoms with Gasteiger partial charge in [-0.3, -0.25) is 4.79 Å². The molecule has 5 N–H and O–H groups in total. The number of hydrogen-bond acceptors (Lipinski definition) is 9. The van der Waals surface area contributed by atoms with Gasteiger partial charge in [0.1, 0.15) is 11.5 Å². The first-order chi connectivity index (χ1) is 22.8. The van der Waals surface area contributed by atoms with Crippen molar-refractivity contribution in [3.8, 4) is 5.75 Å². The lowest BCUT2D eigenvalue weighted by Crippen LogP contribution is -2.38. The van der Waals surface area contributed by atoms with Gasteiger partial charge in [-0.1, -0.05) is 55.7 Å². The number of phenols is 1. The van der Waals surface area contributed by atoms with Crippen molar-refractivity contribution in [1.82, 2.24) is 20.2 Å². The van der Waals surface area contributed by atoms with E-state index in [0.717, 1.165) is 56.5 Å². The Balaban J connectivity index is 0.978. The van der Waals surface area contributed by atoms with Gasteiger partial charge >= 0.3 is 0 Å². The zero-order chi connectivity index (χ0) is 32.8. The van der Waals surface area contributed by atoms with E-state index in [2.05, 4.69) is 39.4 Å². The minimum Gasteiger partial charge on any atom is -0.506 e. The lowest BCUT2D eigenvalue weighted by atomic mass is 9.73. The number of fused-ring (bicyclic) bond motifs is 1. The molecule has 1 aliphatic rings. The summed E-state index contributed by atoms with van der Waals surface area (Å²) < 4.78 is 6.26. The molecule has 0 amide bonds. The van der Waals surface area contributed by atoms with Crippen LogP contribution in [0.1, 0.15) is 70.7 Å². The van der Waals surface area contributed by atoms with Crippen LogP contribution in [0.15, 0.2) is 82.1 Å². The molecular formula is C37H44N4O5S. The largest absolute Gasteiger partial charge is 0.506 e. The molecule has 1 aliphatic carbocycles. The van der Waals surface area contributed by atoms with E-state index in [-0.39, 0.29) is 17.2 Å². The second-order valence-corrected chi connectivity index (χ2v) is 14.0. The quantitative estimate of drug-likeness (QED) is 0.0970. The number of benzene rings is 2. The number of rotatable bonds is 14. The van der Waals surface area contributed by atoms with Gasteiger partial charge in [-0.05, 0) is 61.7 Å². The van der Waals surface area contributed by atoms with Gasteiger partial charge in [0.25, 0.3) is 0 Å². The number of pyridine rings is 1. The topological polar surface area (TPSA) is 135 Å². The number of aromatic hydroxyl groups is 1. The van der Waals surface area contributed by atoms with Crippen molar-refractivity contribution in [1.29, 1.82) is 0 Å². The maximum atomic E-state index is 12.1. The summed E-state index contributed by atoms with van der Waals surface area (Å²) in [4.78, 5) is 23.7. The molecule has 6 rings (SSSR count). The fourth-order valence-electron chi connectivity index (χ4n) is 6.74. The average molecular weight is 657 g/mol. The maximum Gasteiger partial charge on any atom is 0.248 e. The van der Waals surface area contributed by atoms with Crippen molar-refractivity contribution in [2.24, 2.45) is 5.92 Å². The van der Waals surface area contributed by atoms with Gasteiger partial charge in [-0.2, -0.15) is 0 Å². The Morgan fingerprint density at radius 3 is 2.64 bits per heavy atom. The van der Waals surface area contributed by atoms with Gasteiger partial charge in [-0.25, -0.2) is 4.98 Å².